The number of carbonyl (C=O) groups is 2. The average Bonchev–Trinajstić information content (AvgIpc) is 2.84. The van der Waals surface area contributed by atoms with Gasteiger partial charge in [-0.25, -0.2) is 0 Å². The Morgan fingerprint density at radius 1 is 1.37 bits per heavy atom. The second kappa shape index (κ2) is 5.51. The lowest BCUT2D eigenvalue weighted by Gasteiger charge is -2.46. The van der Waals surface area contributed by atoms with Crippen molar-refractivity contribution in [3.8, 4) is 0 Å². The fourth-order valence-corrected chi connectivity index (χ4v) is 3.58. The molecule has 4 heteroatoms. The van der Waals surface area contributed by atoms with Crippen molar-refractivity contribution >= 4 is 11.8 Å². The summed E-state index contributed by atoms with van der Waals surface area (Å²) in [5.74, 6) is 0.634. The first-order valence-corrected chi connectivity index (χ1v) is 7.63. The van der Waals surface area contributed by atoms with Crippen LogP contribution in [0, 0.1) is 5.92 Å². The molecule has 1 spiro atoms. The van der Waals surface area contributed by atoms with E-state index in [1.54, 1.807) is 6.92 Å². The lowest BCUT2D eigenvalue weighted by molar-refractivity contribution is -0.157. The van der Waals surface area contributed by atoms with E-state index in [-0.39, 0.29) is 17.9 Å². The molecule has 1 heterocycles. The van der Waals surface area contributed by atoms with Gasteiger partial charge in [0.25, 0.3) is 0 Å². The predicted octanol–water partition coefficient (Wildman–Crippen LogP) is 2.08. The number of amides is 2. The average molecular weight is 266 g/mol. The Bertz CT molecular complexity index is 361. The number of piperazine rings is 1. The van der Waals surface area contributed by atoms with Crippen LogP contribution in [0.5, 0.6) is 0 Å². The highest BCUT2D eigenvalue weighted by atomic mass is 16.2. The third-order valence-corrected chi connectivity index (χ3v) is 4.63. The summed E-state index contributed by atoms with van der Waals surface area (Å²) in [4.78, 5) is 26.8. The van der Waals surface area contributed by atoms with E-state index >= 15 is 0 Å². The van der Waals surface area contributed by atoms with E-state index in [0.717, 1.165) is 45.1 Å². The number of carbonyl (C=O) groups excluding carboxylic acids is 2. The van der Waals surface area contributed by atoms with Crippen LogP contribution in [0.15, 0.2) is 0 Å². The molecule has 1 saturated heterocycles. The monoisotopic (exact) mass is 266 g/mol. The maximum atomic E-state index is 12.5. The van der Waals surface area contributed by atoms with Crippen LogP contribution < -0.4 is 5.32 Å². The minimum Gasteiger partial charge on any atom is -0.343 e. The Kier molecular flexibility index (Phi) is 4.16. The molecule has 2 atom stereocenters. The molecular weight excluding hydrogens is 240 g/mol. The van der Waals surface area contributed by atoms with Gasteiger partial charge in [0.05, 0.1) is 0 Å². The molecule has 2 amide bonds. The number of hydrogen-bond donors (Lipinski definition) is 1. The van der Waals surface area contributed by atoms with Gasteiger partial charge >= 0.3 is 0 Å². The molecule has 2 aliphatic rings. The lowest BCUT2D eigenvalue weighted by Crippen LogP contribution is -2.69. The topological polar surface area (TPSA) is 49.4 Å². The molecule has 108 valence electrons. The zero-order chi connectivity index (χ0) is 14.0. The standard InChI is InChI=1S/C15H26N2O2/c1-4-7-11(2)10-17-13(18)12(3)16-14(19)15(17)8-5-6-9-15/h11-12H,4-10H2,1-3H3,(H,16,19). The van der Waals surface area contributed by atoms with Gasteiger partial charge in [-0.15, -0.1) is 0 Å². The van der Waals surface area contributed by atoms with Gasteiger partial charge in [-0.3, -0.25) is 9.59 Å². The van der Waals surface area contributed by atoms with Crippen LogP contribution in [-0.2, 0) is 9.59 Å². The molecule has 0 bridgehead atoms. The van der Waals surface area contributed by atoms with E-state index in [1.165, 1.54) is 0 Å². The van der Waals surface area contributed by atoms with Crippen LogP contribution >= 0.6 is 0 Å². The number of nitrogens with one attached hydrogen (secondary N) is 1. The summed E-state index contributed by atoms with van der Waals surface area (Å²) in [6.45, 7) is 6.86. The van der Waals surface area contributed by atoms with Gasteiger partial charge in [0.1, 0.15) is 11.6 Å². The van der Waals surface area contributed by atoms with Crippen LogP contribution in [0.25, 0.3) is 0 Å². The second-order valence-corrected chi connectivity index (χ2v) is 6.28. The van der Waals surface area contributed by atoms with Crippen molar-refractivity contribution in [1.29, 1.82) is 0 Å². The molecule has 1 aliphatic carbocycles. The SMILES string of the molecule is CCCC(C)CN1C(=O)C(C)NC(=O)C12CCCC2. The van der Waals surface area contributed by atoms with Gasteiger partial charge in [-0.05, 0) is 32.1 Å². The van der Waals surface area contributed by atoms with Crippen LogP contribution in [0.2, 0.25) is 0 Å². The Balaban J connectivity index is 2.22. The van der Waals surface area contributed by atoms with Crippen molar-refractivity contribution < 1.29 is 9.59 Å². The minimum absolute atomic E-state index is 0.0702. The summed E-state index contributed by atoms with van der Waals surface area (Å²) >= 11 is 0. The molecule has 0 aromatic rings. The molecule has 0 radical (unpaired) electrons. The summed E-state index contributed by atoms with van der Waals surface area (Å²) < 4.78 is 0. The first-order chi connectivity index (χ1) is 9.01. The van der Waals surface area contributed by atoms with E-state index < -0.39 is 5.54 Å². The summed E-state index contributed by atoms with van der Waals surface area (Å²) in [7, 11) is 0. The third kappa shape index (κ3) is 2.49. The van der Waals surface area contributed by atoms with Crippen LogP contribution in [0.1, 0.15) is 59.3 Å². The maximum absolute atomic E-state index is 12.5. The van der Waals surface area contributed by atoms with Crippen molar-refractivity contribution in [3.05, 3.63) is 0 Å². The fourth-order valence-electron chi connectivity index (χ4n) is 3.58. The van der Waals surface area contributed by atoms with E-state index in [4.69, 9.17) is 0 Å². The van der Waals surface area contributed by atoms with Gasteiger partial charge < -0.3 is 10.2 Å². The van der Waals surface area contributed by atoms with Crippen LogP contribution in [0.3, 0.4) is 0 Å². The first kappa shape index (κ1) is 14.4. The van der Waals surface area contributed by atoms with Gasteiger partial charge in [-0.1, -0.05) is 33.1 Å². The van der Waals surface area contributed by atoms with Gasteiger partial charge in [0, 0.05) is 6.54 Å². The van der Waals surface area contributed by atoms with E-state index in [2.05, 4.69) is 19.2 Å². The molecule has 2 rings (SSSR count). The van der Waals surface area contributed by atoms with Gasteiger partial charge in [-0.2, -0.15) is 0 Å². The largest absolute Gasteiger partial charge is 0.343 e. The third-order valence-electron chi connectivity index (χ3n) is 4.63. The molecule has 4 nitrogen and oxygen atoms in total. The van der Waals surface area contributed by atoms with Crippen molar-refractivity contribution in [1.82, 2.24) is 10.2 Å². The Morgan fingerprint density at radius 3 is 2.58 bits per heavy atom. The summed E-state index contributed by atoms with van der Waals surface area (Å²) in [6, 6.07) is -0.368. The van der Waals surface area contributed by atoms with Crippen molar-refractivity contribution in [2.45, 2.75) is 70.9 Å². The van der Waals surface area contributed by atoms with Gasteiger partial charge in [0.2, 0.25) is 11.8 Å². The Labute approximate surface area is 115 Å². The summed E-state index contributed by atoms with van der Waals surface area (Å²) in [5.41, 5.74) is -0.536. The normalized spacial score (nSPS) is 27.7. The smallest absolute Gasteiger partial charge is 0.246 e. The maximum Gasteiger partial charge on any atom is 0.246 e. The number of nitrogens with zero attached hydrogens (tertiary/aromatic N) is 1. The lowest BCUT2D eigenvalue weighted by atomic mass is 9.88. The van der Waals surface area contributed by atoms with Crippen molar-refractivity contribution in [2.24, 2.45) is 5.92 Å². The van der Waals surface area contributed by atoms with Crippen molar-refractivity contribution in [2.75, 3.05) is 6.54 Å². The van der Waals surface area contributed by atoms with Crippen molar-refractivity contribution in [3.63, 3.8) is 0 Å². The highest BCUT2D eigenvalue weighted by Gasteiger charge is 2.52. The Hall–Kier alpha value is -1.06. The highest BCUT2D eigenvalue weighted by Crippen LogP contribution is 2.38. The summed E-state index contributed by atoms with van der Waals surface area (Å²) in [5, 5.41) is 2.87. The molecular formula is C15H26N2O2. The molecule has 2 unspecified atom stereocenters. The van der Waals surface area contributed by atoms with E-state index in [1.807, 2.05) is 4.90 Å². The molecule has 1 aliphatic heterocycles. The van der Waals surface area contributed by atoms with Gasteiger partial charge in [0.15, 0.2) is 0 Å². The molecule has 2 fully saturated rings. The van der Waals surface area contributed by atoms with E-state index in [9.17, 15) is 9.59 Å². The zero-order valence-corrected chi connectivity index (χ0v) is 12.4. The molecule has 19 heavy (non-hydrogen) atoms. The minimum atomic E-state index is -0.536. The molecule has 0 aromatic heterocycles. The number of hydrogen-bond acceptors (Lipinski definition) is 2. The summed E-state index contributed by atoms with van der Waals surface area (Å²) in [6.07, 6.45) is 5.99. The van der Waals surface area contributed by atoms with Crippen LogP contribution in [-0.4, -0.2) is 34.8 Å². The van der Waals surface area contributed by atoms with Crippen LogP contribution in [0.4, 0.5) is 0 Å². The molecule has 0 aromatic carbocycles. The zero-order valence-electron chi connectivity index (χ0n) is 12.4. The molecule has 1 saturated carbocycles. The first-order valence-electron chi connectivity index (χ1n) is 7.63. The number of rotatable bonds is 4. The Morgan fingerprint density at radius 2 is 2.00 bits per heavy atom. The fraction of sp³-hybridized carbons (Fsp3) is 0.867. The highest BCUT2D eigenvalue weighted by molar-refractivity contribution is 5.99. The quantitative estimate of drug-likeness (QED) is 0.847. The van der Waals surface area contributed by atoms with E-state index in [0.29, 0.717) is 5.92 Å². The second-order valence-electron chi connectivity index (χ2n) is 6.28. The molecule has 1 N–H and O–H groups in total. The predicted molar refractivity (Wildman–Crippen MR) is 74.6 cm³/mol.